The van der Waals surface area contributed by atoms with Crippen molar-refractivity contribution in [2.75, 3.05) is 11.4 Å². The number of anilines is 1. The number of rotatable bonds is 4. The van der Waals surface area contributed by atoms with Crippen LogP contribution in [0.3, 0.4) is 0 Å². The molecule has 4 aromatic rings. The Labute approximate surface area is 193 Å². The molecule has 0 saturated carbocycles. The van der Waals surface area contributed by atoms with Crippen molar-refractivity contribution < 1.29 is 9.53 Å². The fourth-order valence-electron chi connectivity index (χ4n) is 4.97. The number of carbonyl (C=O) groups excluding carboxylic acids is 1. The lowest BCUT2D eigenvalue weighted by Gasteiger charge is -2.32. The third kappa shape index (κ3) is 3.85. The molecule has 1 aromatic heterocycles. The molecule has 3 aromatic carbocycles. The molecule has 0 spiro atoms. The van der Waals surface area contributed by atoms with Crippen LogP contribution in [0.4, 0.5) is 5.69 Å². The summed E-state index contributed by atoms with van der Waals surface area (Å²) in [5.41, 5.74) is 3.89. The van der Waals surface area contributed by atoms with Crippen LogP contribution in [0.2, 0.25) is 0 Å². The van der Waals surface area contributed by atoms with Gasteiger partial charge in [0.15, 0.2) is 0 Å². The predicted octanol–water partition coefficient (Wildman–Crippen LogP) is 4.80. The Hall–Kier alpha value is -3.70. The maximum Gasteiger partial charge on any atom is 0.244 e. The van der Waals surface area contributed by atoms with Crippen molar-refractivity contribution in [1.29, 1.82) is 0 Å². The highest BCUT2D eigenvalue weighted by molar-refractivity contribution is 5.99. The zero-order valence-corrected chi connectivity index (χ0v) is 18.3. The average molecular weight is 436 g/mol. The molecular formula is C28H25N3O2. The lowest BCUT2D eigenvalue weighted by atomic mass is 10.1. The van der Waals surface area contributed by atoms with E-state index in [0.29, 0.717) is 26.1 Å². The molecule has 0 unspecified atom stereocenters. The molecule has 1 fully saturated rings. The number of benzene rings is 3. The summed E-state index contributed by atoms with van der Waals surface area (Å²) in [6, 6.07) is 30.1. The van der Waals surface area contributed by atoms with Gasteiger partial charge < -0.3 is 9.64 Å². The fourth-order valence-corrected chi connectivity index (χ4v) is 4.97. The molecule has 5 nitrogen and oxygen atoms in total. The summed E-state index contributed by atoms with van der Waals surface area (Å²) in [5.74, 6) is 0.897. The van der Waals surface area contributed by atoms with Crippen molar-refractivity contribution in [3.8, 4) is 5.75 Å². The topological polar surface area (TPSA) is 45.7 Å². The van der Waals surface area contributed by atoms with Crippen LogP contribution >= 0.6 is 0 Å². The van der Waals surface area contributed by atoms with Crippen LogP contribution < -0.4 is 9.64 Å². The van der Waals surface area contributed by atoms with Gasteiger partial charge in [-0.15, -0.1) is 0 Å². The first kappa shape index (κ1) is 19.9. The summed E-state index contributed by atoms with van der Waals surface area (Å²) in [7, 11) is 0. The highest BCUT2D eigenvalue weighted by Crippen LogP contribution is 2.37. The lowest BCUT2D eigenvalue weighted by molar-refractivity contribution is -0.123. The lowest BCUT2D eigenvalue weighted by Crippen LogP contribution is -2.45. The Kier molecular flexibility index (Phi) is 5.04. The number of ether oxygens (including phenoxy) is 1. The molecule has 2 aliphatic heterocycles. The number of hydrogen-bond acceptors (Lipinski definition) is 4. The van der Waals surface area contributed by atoms with E-state index < -0.39 is 0 Å². The first-order valence-electron chi connectivity index (χ1n) is 11.4. The standard InChI is InChI=1S/C28H25N3O2/c32-28-26-16-23(19-30(26)18-22-15-14-21-10-4-5-11-24(21)29-22)33-27-13-7-6-12-25(27)31(28)17-20-8-2-1-3-9-20/h1-15,23,26H,16-19H2/t23-,26-/m0/s1. The molecule has 0 radical (unpaired) electrons. The molecule has 1 saturated heterocycles. The van der Waals surface area contributed by atoms with Crippen LogP contribution in [0.1, 0.15) is 17.7 Å². The van der Waals surface area contributed by atoms with Gasteiger partial charge in [0.1, 0.15) is 11.9 Å². The van der Waals surface area contributed by atoms with Crippen LogP contribution in [-0.2, 0) is 17.9 Å². The quantitative estimate of drug-likeness (QED) is 0.462. The molecule has 164 valence electrons. The SMILES string of the molecule is O=C1[C@@H]2C[C@@H](CN2Cc2ccc3ccccc3n2)Oc2ccccc2N1Cc1ccccc1. The Morgan fingerprint density at radius 3 is 2.55 bits per heavy atom. The van der Waals surface area contributed by atoms with Gasteiger partial charge in [0, 0.05) is 24.9 Å². The zero-order valence-electron chi connectivity index (χ0n) is 18.3. The van der Waals surface area contributed by atoms with Crippen molar-refractivity contribution in [2.45, 2.75) is 31.7 Å². The van der Waals surface area contributed by atoms with Crippen LogP contribution in [0.25, 0.3) is 10.9 Å². The van der Waals surface area contributed by atoms with E-state index in [-0.39, 0.29) is 18.1 Å². The van der Waals surface area contributed by atoms with E-state index in [2.05, 4.69) is 35.2 Å². The zero-order chi connectivity index (χ0) is 22.2. The van der Waals surface area contributed by atoms with Gasteiger partial charge >= 0.3 is 0 Å². The highest BCUT2D eigenvalue weighted by Gasteiger charge is 2.42. The summed E-state index contributed by atoms with van der Waals surface area (Å²) in [4.78, 5) is 22.9. The van der Waals surface area contributed by atoms with Gasteiger partial charge in [-0.3, -0.25) is 14.7 Å². The average Bonchev–Trinajstić information content (AvgIpc) is 3.25. The maximum absolute atomic E-state index is 13.9. The van der Waals surface area contributed by atoms with Crippen LogP contribution in [0, 0.1) is 0 Å². The normalized spacial score (nSPS) is 20.2. The Balaban J connectivity index is 1.33. The number of likely N-dealkylation sites (tertiary alicyclic amines) is 1. The van der Waals surface area contributed by atoms with E-state index in [4.69, 9.17) is 9.72 Å². The van der Waals surface area contributed by atoms with Gasteiger partial charge in [-0.25, -0.2) is 0 Å². The fraction of sp³-hybridized carbons (Fsp3) is 0.214. The number of para-hydroxylation sites is 3. The number of amides is 1. The van der Waals surface area contributed by atoms with Crippen molar-refractivity contribution in [3.63, 3.8) is 0 Å². The number of nitrogens with zero attached hydrogens (tertiary/aromatic N) is 3. The van der Waals surface area contributed by atoms with E-state index >= 15 is 0 Å². The molecule has 2 bridgehead atoms. The first-order valence-corrected chi connectivity index (χ1v) is 11.4. The molecule has 3 heterocycles. The number of hydrogen-bond donors (Lipinski definition) is 0. The second kappa shape index (κ2) is 8.34. The Morgan fingerprint density at radius 1 is 0.848 bits per heavy atom. The van der Waals surface area contributed by atoms with Crippen LogP contribution in [0.5, 0.6) is 5.75 Å². The van der Waals surface area contributed by atoms with Crippen molar-refractivity contribution in [1.82, 2.24) is 9.88 Å². The summed E-state index contributed by atoms with van der Waals surface area (Å²) in [6.07, 6.45) is 0.672. The third-order valence-electron chi connectivity index (χ3n) is 6.57. The van der Waals surface area contributed by atoms with E-state index in [0.717, 1.165) is 33.6 Å². The predicted molar refractivity (Wildman–Crippen MR) is 129 cm³/mol. The molecule has 5 heteroatoms. The molecule has 2 aliphatic rings. The van der Waals surface area contributed by atoms with Gasteiger partial charge in [-0.2, -0.15) is 0 Å². The molecule has 33 heavy (non-hydrogen) atoms. The monoisotopic (exact) mass is 435 g/mol. The van der Waals surface area contributed by atoms with Crippen molar-refractivity contribution >= 4 is 22.5 Å². The second-order valence-corrected chi connectivity index (χ2v) is 8.79. The Morgan fingerprint density at radius 2 is 1.64 bits per heavy atom. The van der Waals surface area contributed by atoms with E-state index in [9.17, 15) is 4.79 Å². The number of aromatic nitrogens is 1. The molecule has 2 atom stereocenters. The maximum atomic E-state index is 13.9. The Bertz CT molecular complexity index is 1310. The van der Waals surface area contributed by atoms with Crippen LogP contribution in [-0.4, -0.2) is 34.5 Å². The summed E-state index contributed by atoms with van der Waals surface area (Å²) >= 11 is 0. The summed E-state index contributed by atoms with van der Waals surface area (Å²) in [6.45, 7) is 1.85. The number of carbonyl (C=O) groups is 1. The summed E-state index contributed by atoms with van der Waals surface area (Å²) < 4.78 is 6.43. The molecular weight excluding hydrogens is 410 g/mol. The molecule has 1 amide bonds. The van der Waals surface area contributed by atoms with Gasteiger partial charge in [0.25, 0.3) is 0 Å². The molecule has 0 aliphatic carbocycles. The van der Waals surface area contributed by atoms with E-state index in [1.165, 1.54) is 0 Å². The van der Waals surface area contributed by atoms with E-state index in [1.54, 1.807) is 0 Å². The summed E-state index contributed by atoms with van der Waals surface area (Å²) in [5, 5.41) is 1.12. The van der Waals surface area contributed by atoms with Gasteiger partial charge in [0.05, 0.1) is 29.5 Å². The van der Waals surface area contributed by atoms with Gasteiger partial charge in [0.2, 0.25) is 5.91 Å². The third-order valence-corrected chi connectivity index (χ3v) is 6.57. The van der Waals surface area contributed by atoms with Gasteiger partial charge in [-0.1, -0.05) is 66.7 Å². The second-order valence-electron chi connectivity index (χ2n) is 8.79. The van der Waals surface area contributed by atoms with Crippen LogP contribution in [0.15, 0.2) is 91.0 Å². The van der Waals surface area contributed by atoms with Gasteiger partial charge in [-0.05, 0) is 29.8 Å². The smallest absolute Gasteiger partial charge is 0.244 e. The van der Waals surface area contributed by atoms with Crippen molar-refractivity contribution in [3.05, 3.63) is 102 Å². The largest absolute Gasteiger partial charge is 0.487 e. The number of pyridine rings is 1. The minimum atomic E-state index is -0.236. The molecule has 0 N–H and O–H groups in total. The highest BCUT2D eigenvalue weighted by atomic mass is 16.5. The molecule has 6 rings (SSSR count). The number of fused-ring (bicyclic) bond motifs is 4. The minimum absolute atomic E-state index is 0.0144. The minimum Gasteiger partial charge on any atom is -0.487 e. The first-order chi connectivity index (χ1) is 16.2. The van der Waals surface area contributed by atoms with Crippen molar-refractivity contribution in [2.24, 2.45) is 0 Å². The van der Waals surface area contributed by atoms with E-state index in [1.807, 2.05) is 65.6 Å².